The van der Waals surface area contributed by atoms with E-state index in [1.807, 2.05) is 6.07 Å². The lowest BCUT2D eigenvalue weighted by Gasteiger charge is -2.12. The molecule has 11 rings (SSSR count). The minimum atomic E-state index is 0.899. The Morgan fingerprint density at radius 2 is 0.863 bits per heavy atom. The average Bonchev–Trinajstić information content (AvgIpc) is 3.85. The summed E-state index contributed by atoms with van der Waals surface area (Å²) in [6, 6.07) is 65.5. The minimum Gasteiger partial charge on any atom is -0.454 e. The summed E-state index contributed by atoms with van der Waals surface area (Å²) in [5, 5.41) is 7.09. The zero-order valence-electron chi connectivity index (χ0n) is 27.6. The van der Waals surface area contributed by atoms with Crippen LogP contribution in [-0.4, -0.2) is 9.13 Å². The second-order valence-corrected chi connectivity index (χ2v) is 13.3. The molecule has 0 amide bonds. The first kappa shape index (κ1) is 28.0. The van der Waals surface area contributed by atoms with Crippen LogP contribution in [0.4, 0.5) is 0 Å². The van der Waals surface area contributed by atoms with Crippen LogP contribution in [0.1, 0.15) is 0 Å². The van der Waals surface area contributed by atoms with Crippen LogP contribution in [0, 0.1) is 0 Å². The number of fused-ring (bicyclic) bond motifs is 10. The van der Waals surface area contributed by atoms with Gasteiger partial charge in [0.2, 0.25) is 0 Å². The summed E-state index contributed by atoms with van der Waals surface area (Å²) >= 11 is 0. The number of furan rings is 1. The van der Waals surface area contributed by atoms with E-state index in [0.29, 0.717) is 0 Å². The molecule has 11 aromatic rings. The molecule has 0 atom stereocenters. The zero-order valence-corrected chi connectivity index (χ0v) is 27.6. The molecule has 0 aliphatic heterocycles. The van der Waals surface area contributed by atoms with E-state index < -0.39 is 0 Å². The van der Waals surface area contributed by atoms with E-state index >= 15 is 0 Å². The molecule has 3 nitrogen and oxygen atoms in total. The van der Waals surface area contributed by atoms with Crippen molar-refractivity contribution in [2.75, 3.05) is 0 Å². The predicted octanol–water partition coefficient (Wildman–Crippen LogP) is 13.1. The smallest absolute Gasteiger partial charge is 0.160 e. The average molecular weight is 651 g/mol. The fourth-order valence-corrected chi connectivity index (χ4v) is 8.20. The van der Waals surface area contributed by atoms with Gasteiger partial charge in [-0.1, -0.05) is 127 Å². The van der Waals surface area contributed by atoms with Gasteiger partial charge in [-0.3, -0.25) is 0 Å². The molecule has 0 N–H and O–H groups in total. The van der Waals surface area contributed by atoms with Gasteiger partial charge >= 0.3 is 0 Å². The fraction of sp³-hybridized carbons (Fsp3) is 0. The van der Waals surface area contributed by atoms with Crippen molar-refractivity contribution in [2.45, 2.75) is 0 Å². The maximum atomic E-state index is 6.74. The molecule has 0 radical (unpaired) electrons. The summed E-state index contributed by atoms with van der Waals surface area (Å²) in [5.41, 5.74) is 13.4. The highest BCUT2D eigenvalue weighted by molar-refractivity contribution is 6.24. The van der Waals surface area contributed by atoms with Crippen LogP contribution < -0.4 is 0 Å². The Morgan fingerprint density at radius 3 is 1.59 bits per heavy atom. The molecule has 0 aliphatic rings. The van der Waals surface area contributed by atoms with E-state index in [-0.39, 0.29) is 0 Å². The summed E-state index contributed by atoms with van der Waals surface area (Å²) < 4.78 is 11.6. The molecule has 0 aliphatic carbocycles. The van der Waals surface area contributed by atoms with Crippen LogP contribution in [0.25, 0.3) is 99.2 Å². The standard InChI is InChI=1S/C48H30N2O/c1-3-13-31(14-4-1)33-17-11-19-35(27-33)49-43-23-9-7-21-37(43)41-29-42-39-25-26-40-38-22-8-10-24-46(38)51-48(40)47(39)50(45(42)30-44(41)49)36-20-12-18-34(28-36)32-15-5-2-6-16-32/h1-30H. The Bertz CT molecular complexity index is 3130. The zero-order chi connectivity index (χ0) is 33.5. The first-order chi connectivity index (χ1) is 25.3. The second kappa shape index (κ2) is 10.8. The summed E-state index contributed by atoms with van der Waals surface area (Å²) in [5.74, 6) is 0. The Kier molecular flexibility index (Phi) is 5.96. The van der Waals surface area contributed by atoms with Crippen molar-refractivity contribution in [3.8, 4) is 33.6 Å². The highest BCUT2D eigenvalue weighted by atomic mass is 16.3. The molecule has 238 valence electrons. The molecule has 8 aromatic carbocycles. The summed E-state index contributed by atoms with van der Waals surface area (Å²) in [6.07, 6.45) is 0. The maximum absolute atomic E-state index is 6.74. The van der Waals surface area contributed by atoms with Gasteiger partial charge in [0.05, 0.1) is 22.1 Å². The molecule has 0 unspecified atom stereocenters. The molecular weight excluding hydrogens is 621 g/mol. The quantitative estimate of drug-likeness (QED) is 0.186. The maximum Gasteiger partial charge on any atom is 0.160 e. The van der Waals surface area contributed by atoms with Gasteiger partial charge in [-0.2, -0.15) is 0 Å². The lowest BCUT2D eigenvalue weighted by molar-refractivity contribution is 0.671. The van der Waals surface area contributed by atoms with Crippen LogP contribution in [0.3, 0.4) is 0 Å². The third-order valence-electron chi connectivity index (χ3n) is 10.5. The third-order valence-corrected chi connectivity index (χ3v) is 10.5. The van der Waals surface area contributed by atoms with E-state index in [9.17, 15) is 0 Å². The van der Waals surface area contributed by atoms with Gasteiger partial charge in [-0.25, -0.2) is 0 Å². The first-order valence-corrected chi connectivity index (χ1v) is 17.4. The van der Waals surface area contributed by atoms with Gasteiger partial charge in [-0.15, -0.1) is 0 Å². The van der Waals surface area contributed by atoms with E-state index in [4.69, 9.17) is 4.42 Å². The monoisotopic (exact) mass is 650 g/mol. The number of aromatic nitrogens is 2. The van der Waals surface area contributed by atoms with Crippen LogP contribution in [0.2, 0.25) is 0 Å². The van der Waals surface area contributed by atoms with Gasteiger partial charge in [-0.05, 0) is 76.9 Å². The number of hydrogen-bond acceptors (Lipinski definition) is 1. The van der Waals surface area contributed by atoms with Crippen molar-refractivity contribution in [3.05, 3.63) is 182 Å². The minimum absolute atomic E-state index is 0.899. The summed E-state index contributed by atoms with van der Waals surface area (Å²) in [4.78, 5) is 0. The number of para-hydroxylation sites is 2. The van der Waals surface area contributed by atoms with Crippen molar-refractivity contribution in [3.63, 3.8) is 0 Å². The predicted molar refractivity (Wildman–Crippen MR) is 213 cm³/mol. The molecule has 3 heterocycles. The SMILES string of the molecule is c1ccc(-c2cccc(-n3c4ccccc4c4cc5c6ccc7c8ccccc8oc7c6n(-c6cccc(-c7ccccc7)c6)c5cc43)c2)cc1. The van der Waals surface area contributed by atoms with Crippen molar-refractivity contribution in [1.82, 2.24) is 9.13 Å². The van der Waals surface area contributed by atoms with Crippen LogP contribution in [0.5, 0.6) is 0 Å². The van der Waals surface area contributed by atoms with Gasteiger partial charge < -0.3 is 13.6 Å². The van der Waals surface area contributed by atoms with Crippen molar-refractivity contribution < 1.29 is 4.42 Å². The Morgan fingerprint density at radius 1 is 0.314 bits per heavy atom. The Hall–Kier alpha value is -6.84. The van der Waals surface area contributed by atoms with Gasteiger partial charge in [0, 0.05) is 43.7 Å². The molecule has 0 fully saturated rings. The Labute approximate surface area is 293 Å². The topological polar surface area (TPSA) is 23.0 Å². The van der Waals surface area contributed by atoms with Crippen molar-refractivity contribution in [1.29, 1.82) is 0 Å². The molecule has 3 aromatic heterocycles. The van der Waals surface area contributed by atoms with Crippen LogP contribution in [0.15, 0.2) is 186 Å². The van der Waals surface area contributed by atoms with Crippen LogP contribution >= 0.6 is 0 Å². The molecule has 51 heavy (non-hydrogen) atoms. The highest BCUT2D eigenvalue weighted by Gasteiger charge is 2.22. The van der Waals surface area contributed by atoms with E-state index in [0.717, 1.165) is 49.9 Å². The number of hydrogen-bond donors (Lipinski definition) is 0. The molecular formula is C48H30N2O. The van der Waals surface area contributed by atoms with E-state index in [1.165, 1.54) is 49.3 Å². The normalized spacial score (nSPS) is 11.9. The lowest BCUT2D eigenvalue weighted by atomic mass is 10.1. The van der Waals surface area contributed by atoms with Gasteiger partial charge in [0.15, 0.2) is 5.58 Å². The molecule has 0 saturated carbocycles. The van der Waals surface area contributed by atoms with Crippen LogP contribution in [-0.2, 0) is 0 Å². The van der Waals surface area contributed by atoms with E-state index in [2.05, 4.69) is 185 Å². The fourth-order valence-electron chi connectivity index (χ4n) is 8.20. The Balaban J connectivity index is 1.27. The molecule has 3 heteroatoms. The molecule has 0 spiro atoms. The highest BCUT2D eigenvalue weighted by Crippen LogP contribution is 2.44. The number of rotatable bonds is 4. The van der Waals surface area contributed by atoms with Gasteiger partial charge in [0.1, 0.15) is 5.58 Å². The van der Waals surface area contributed by atoms with Crippen molar-refractivity contribution in [2.24, 2.45) is 0 Å². The third kappa shape index (κ3) is 4.19. The van der Waals surface area contributed by atoms with E-state index in [1.54, 1.807) is 0 Å². The van der Waals surface area contributed by atoms with Crippen molar-refractivity contribution >= 4 is 65.6 Å². The summed E-state index contributed by atoms with van der Waals surface area (Å²) in [7, 11) is 0. The largest absolute Gasteiger partial charge is 0.454 e. The van der Waals surface area contributed by atoms with Gasteiger partial charge in [0.25, 0.3) is 0 Å². The first-order valence-electron chi connectivity index (χ1n) is 17.4. The number of nitrogens with zero attached hydrogens (tertiary/aromatic N) is 2. The number of benzene rings is 8. The second-order valence-electron chi connectivity index (χ2n) is 13.3. The molecule has 0 saturated heterocycles. The lowest BCUT2D eigenvalue weighted by Crippen LogP contribution is -1.97. The summed E-state index contributed by atoms with van der Waals surface area (Å²) in [6.45, 7) is 0. The molecule has 0 bridgehead atoms.